The third kappa shape index (κ3) is 26.6. The molecule has 4 heterocycles. The first-order chi connectivity index (χ1) is 59.9. The van der Waals surface area contributed by atoms with Crippen molar-refractivity contribution in [3.8, 4) is 0 Å². The lowest BCUT2D eigenvalue weighted by molar-refractivity contribution is 0.101. The van der Waals surface area contributed by atoms with E-state index in [2.05, 4.69) is 77.4 Å². The Labute approximate surface area is 735 Å². The van der Waals surface area contributed by atoms with E-state index in [9.17, 15) is 38.4 Å². The summed E-state index contributed by atoms with van der Waals surface area (Å²) in [5.74, 6) is 0.134. The SMILES string of the molecule is CCN(CC)C(=N)c1ccc(C(=O)Nc2ccccc2C(=O)Nc2ccc(Cl)cn2)cc1.CCN=C(N)c1ccc(C(=O)Nc2ccccc2C(=O)Nc2ccc(Cl)cn2)cc1.CN=C(N)c1ccc(C(=O)Nc2ccccc2C(=O)Nc2ccc(Cl)cn2)cc1.NC(=NC1CCCC1)c1ccc(C(=O)Nc2ccccc2C(=O)Nc2ccc(Cl)cn2)cc1. The summed E-state index contributed by atoms with van der Waals surface area (Å²) < 4.78 is 0. The minimum atomic E-state index is -0.405. The summed E-state index contributed by atoms with van der Waals surface area (Å²) in [6.45, 7) is 7.94. The van der Waals surface area contributed by atoms with Crippen molar-refractivity contribution < 1.29 is 38.4 Å². The number of nitrogens with zero attached hydrogens (tertiary/aromatic N) is 8. The van der Waals surface area contributed by atoms with Gasteiger partial charge in [-0.15, -0.1) is 0 Å². The Kier molecular flexibility index (Phi) is 33.6. The van der Waals surface area contributed by atoms with Gasteiger partial charge in [-0.3, -0.25) is 58.7 Å². The van der Waals surface area contributed by atoms with Gasteiger partial charge in [-0.25, -0.2) is 19.9 Å². The standard InChI is InChI=1S/C25H24ClN5O2.C24H24ClN5O2.C22H20ClN5O2.C21H18ClN5O2/c26-18-13-14-22(28-15-18)31-25(33)20-7-3-4-8-21(20)30-24(32)17-11-9-16(10-12-17)23(27)29-19-5-1-2-6-19;1-3-30(4-2)22(26)16-9-11-17(12-10-16)23(31)28-20-8-6-5-7-19(20)24(32)29-21-14-13-18(25)15-27-21;1-2-25-20(24)14-7-9-15(10-8-14)21(29)27-18-6-4-3-5-17(18)22(30)28-19-12-11-16(23)13-26-19;1-24-19(23)13-6-8-14(9-7-13)20(28)26-17-5-3-2-4-16(17)21(29)27-18-11-10-15(22)12-25-18/h3-4,7-15,19H,1-2,5-6H2,(H2,27,29)(H,30,32)(H,28,31,33);5-15,26H,3-4H2,1-2H3,(H,28,31)(H,27,29,32);3-13H,2H2,1H3,(H2,24,25)(H,27,29)(H,26,28,30);2-12H,1H3,(H2,23,24)(H,26,28)(H,25,27,29). The van der Waals surface area contributed by atoms with Gasteiger partial charge in [0.15, 0.2) is 0 Å². The number of rotatable bonds is 24. The van der Waals surface area contributed by atoms with Crippen LogP contribution in [0.1, 0.15) is 152 Å². The van der Waals surface area contributed by atoms with Gasteiger partial charge in [-0.1, -0.05) is 156 Å². The number of nitrogens with two attached hydrogens (primary N) is 3. The molecule has 1 fully saturated rings. The van der Waals surface area contributed by atoms with Crippen LogP contribution in [0, 0.1) is 5.41 Å². The van der Waals surface area contributed by atoms with E-state index < -0.39 is 23.6 Å². The zero-order chi connectivity index (χ0) is 88.6. The van der Waals surface area contributed by atoms with Gasteiger partial charge in [0.05, 0.1) is 71.1 Å². The van der Waals surface area contributed by atoms with Gasteiger partial charge >= 0.3 is 0 Å². The summed E-state index contributed by atoms with van der Waals surface area (Å²) >= 11 is 23.3. The summed E-state index contributed by atoms with van der Waals surface area (Å²) in [7, 11) is 1.59. The van der Waals surface area contributed by atoms with Crippen LogP contribution in [0.4, 0.5) is 46.0 Å². The Bertz CT molecular complexity index is 5860. The first kappa shape index (κ1) is 91.5. The van der Waals surface area contributed by atoms with E-state index in [-0.39, 0.29) is 23.6 Å². The quantitative estimate of drug-likeness (QED) is 0.0197. The molecular weight excluding hydrogens is 1650 g/mol. The molecule has 12 aromatic rings. The zero-order valence-corrected chi connectivity index (χ0v) is 70.5. The fourth-order valence-electron chi connectivity index (χ4n) is 12.0. The second-order valence-electron chi connectivity index (χ2n) is 27.0. The number of nitrogens with one attached hydrogen (secondary N) is 9. The van der Waals surface area contributed by atoms with Crippen molar-refractivity contribution in [3.63, 3.8) is 0 Å². The average molecular weight is 1740 g/mol. The predicted octanol–water partition coefficient (Wildman–Crippen LogP) is 17.3. The summed E-state index contributed by atoms with van der Waals surface area (Å²) in [4.78, 5) is 132. The van der Waals surface area contributed by atoms with Gasteiger partial charge in [0.2, 0.25) is 0 Å². The number of para-hydroxylation sites is 4. The maximum atomic E-state index is 12.8. The van der Waals surface area contributed by atoms with Crippen LogP contribution in [0.3, 0.4) is 0 Å². The van der Waals surface area contributed by atoms with Crippen LogP contribution in [0.15, 0.2) is 282 Å². The van der Waals surface area contributed by atoms with Gasteiger partial charge < -0.3 is 64.6 Å². The lowest BCUT2D eigenvalue weighted by atomic mass is 10.1. The van der Waals surface area contributed by atoms with Crippen LogP contribution in [0.25, 0.3) is 0 Å². The number of carbonyl (C=O) groups excluding carboxylic acids is 8. The second-order valence-corrected chi connectivity index (χ2v) is 28.8. The molecule has 8 aromatic carbocycles. The van der Waals surface area contributed by atoms with E-state index in [0.717, 1.165) is 48.2 Å². The Morgan fingerprint density at radius 2 is 0.605 bits per heavy atom. The molecular formula is C92H86Cl4N20O8. The number of aliphatic imine (C=N–C) groups is 3. The molecule has 630 valence electrons. The Morgan fingerprint density at radius 3 is 0.863 bits per heavy atom. The molecule has 4 aromatic heterocycles. The Morgan fingerprint density at radius 1 is 0.347 bits per heavy atom. The normalized spacial score (nSPS) is 11.7. The third-order valence-electron chi connectivity index (χ3n) is 18.6. The molecule has 0 saturated heterocycles. The van der Waals surface area contributed by atoms with Crippen LogP contribution < -0.4 is 59.7 Å². The zero-order valence-electron chi connectivity index (χ0n) is 67.5. The van der Waals surface area contributed by atoms with E-state index >= 15 is 0 Å². The molecule has 0 aliphatic heterocycles. The number of amidine groups is 4. The topological polar surface area (TPSA) is 427 Å². The lowest BCUT2D eigenvalue weighted by Gasteiger charge is -2.21. The van der Waals surface area contributed by atoms with E-state index in [1.165, 1.54) is 37.6 Å². The molecule has 124 heavy (non-hydrogen) atoms. The fraction of sp³-hybridized carbons (Fsp3) is 0.130. The number of amides is 8. The number of aromatic nitrogens is 4. The number of hydrogen-bond acceptors (Lipinski definition) is 16. The van der Waals surface area contributed by atoms with Gasteiger partial charge in [0.1, 0.15) is 46.6 Å². The molecule has 1 aliphatic carbocycles. The van der Waals surface area contributed by atoms with Crippen molar-refractivity contribution in [3.05, 3.63) is 354 Å². The number of carbonyl (C=O) groups is 8. The maximum Gasteiger partial charge on any atom is 0.258 e. The fourth-order valence-corrected chi connectivity index (χ4v) is 12.5. The average Bonchev–Trinajstić information content (AvgIpc) is 1.61. The van der Waals surface area contributed by atoms with Crippen molar-refractivity contribution in [2.45, 2.75) is 52.5 Å². The molecule has 15 N–H and O–H groups in total. The molecule has 0 atom stereocenters. The van der Waals surface area contributed by atoms with Crippen molar-refractivity contribution in [1.82, 2.24) is 24.8 Å². The molecule has 0 bridgehead atoms. The first-order valence-electron chi connectivity index (χ1n) is 38.8. The van der Waals surface area contributed by atoms with Crippen molar-refractivity contribution in [2.75, 3.05) is 69.2 Å². The van der Waals surface area contributed by atoms with E-state index in [0.29, 0.717) is 147 Å². The molecule has 28 nitrogen and oxygen atoms in total. The van der Waals surface area contributed by atoms with Gasteiger partial charge in [-0.2, -0.15) is 0 Å². The Hall–Kier alpha value is -14.8. The van der Waals surface area contributed by atoms with Crippen LogP contribution in [0.2, 0.25) is 20.1 Å². The number of pyridine rings is 4. The van der Waals surface area contributed by atoms with E-state index in [1.54, 1.807) is 250 Å². The molecule has 0 radical (unpaired) electrons. The highest BCUT2D eigenvalue weighted by Gasteiger charge is 2.22. The summed E-state index contributed by atoms with van der Waals surface area (Å²) in [5, 5.41) is 32.1. The number of halogens is 4. The molecule has 0 unspecified atom stereocenters. The van der Waals surface area contributed by atoms with Gasteiger partial charge in [0, 0.05) is 96.0 Å². The maximum absolute atomic E-state index is 12.8. The van der Waals surface area contributed by atoms with E-state index in [4.69, 9.17) is 69.0 Å². The largest absolute Gasteiger partial charge is 0.384 e. The molecule has 32 heteroatoms. The van der Waals surface area contributed by atoms with Crippen molar-refractivity contribution in [2.24, 2.45) is 32.2 Å². The molecule has 0 spiro atoms. The highest BCUT2D eigenvalue weighted by molar-refractivity contribution is 6.31. The monoisotopic (exact) mass is 1740 g/mol. The third-order valence-corrected chi connectivity index (χ3v) is 19.5. The highest BCUT2D eigenvalue weighted by Crippen LogP contribution is 2.27. The van der Waals surface area contributed by atoms with Gasteiger partial charge in [-0.05, 0) is 179 Å². The predicted molar refractivity (Wildman–Crippen MR) is 493 cm³/mol. The number of hydrogen-bond donors (Lipinski definition) is 12. The first-order valence-corrected chi connectivity index (χ1v) is 40.3. The lowest BCUT2D eigenvalue weighted by Crippen LogP contribution is -2.30. The minimum Gasteiger partial charge on any atom is -0.384 e. The van der Waals surface area contributed by atoms with Crippen molar-refractivity contribution in [1.29, 1.82) is 5.41 Å². The molecule has 13 rings (SSSR count). The van der Waals surface area contributed by atoms with Crippen LogP contribution in [-0.2, 0) is 0 Å². The highest BCUT2D eigenvalue weighted by atomic mass is 35.5. The van der Waals surface area contributed by atoms with Gasteiger partial charge in [0.25, 0.3) is 47.3 Å². The Balaban J connectivity index is 0.000000173. The van der Waals surface area contributed by atoms with Crippen LogP contribution >= 0.6 is 46.4 Å². The van der Waals surface area contributed by atoms with Crippen LogP contribution in [-0.4, -0.2) is 128 Å². The summed E-state index contributed by atoms with van der Waals surface area (Å²) in [6.07, 6.45) is 10.3. The van der Waals surface area contributed by atoms with Crippen LogP contribution in [0.5, 0.6) is 0 Å². The minimum absolute atomic E-state index is 0.290. The molecule has 1 aliphatic rings. The van der Waals surface area contributed by atoms with Crippen molar-refractivity contribution >= 4 is 163 Å². The summed E-state index contributed by atoms with van der Waals surface area (Å²) in [6, 6.07) is 67.4. The second kappa shape index (κ2) is 45.5. The van der Waals surface area contributed by atoms with E-state index in [1.807, 2.05) is 25.7 Å². The molecule has 8 amide bonds. The molecule has 1 saturated carbocycles. The smallest absolute Gasteiger partial charge is 0.258 e. The number of anilines is 8. The summed E-state index contributed by atoms with van der Waals surface area (Å²) in [5.41, 5.74) is 25.2. The number of benzene rings is 8.